The van der Waals surface area contributed by atoms with Gasteiger partial charge in [-0.2, -0.15) is 5.26 Å². The molecule has 3 aromatic rings. The molecule has 0 atom stereocenters. The maximum Gasteiger partial charge on any atom is 0.279 e. The number of ether oxygens (including phenoxy) is 2. The second kappa shape index (κ2) is 10.8. The second-order valence-electron chi connectivity index (χ2n) is 7.83. The van der Waals surface area contributed by atoms with E-state index in [0.717, 1.165) is 16.7 Å². The first kappa shape index (κ1) is 23.9. The monoisotopic (exact) mass is 481 g/mol. The minimum atomic E-state index is -0.237. The number of carbonyl (C=O) groups excluding carboxylic acids is 1. The fraction of sp³-hybridized carbons (Fsp3) is 0.143. The Bertz CT molecular complexity index is 1360. The van der Waals surface area contributed by atoms with Crippen molar-refractivity contribution >= 4 is 34.6 Å². The number of methoxy groups -OCH3 is 1. The number of para-hydroxylation sites is 1. The third-order valence-electron chi connectivity index (χ3n) is 5.54. The number of hydrogen-bond acceptors (Lipinski definition) is 5. The van der Waals surface area contributed by atoms with Gasteiger partial charge in [0.25, 0.3) is 5.91 Å². The minimum Gasteiger partial charge on any atom is -0.493 e. The number of thiocarbonyl (C=S) groups is 1. The van der Waals surface area contributed by atoms with Gasteiger partial charge in [-0.15, -0.1) is 6.58 Å². The van der Waals surface area contributed by atoms with Crippen molar-refractivity contribution in [1.82, 2.24) is 0 Å². The lowest BCUT2D eigenvalue weighted by Crippen LogP contribution is -2.33. The van der Waals surface area contributed by atoms with Gasteiger partial charge >= 0.3 is 0 Å². The molecule has 6 nitrogen and oxygen atoms in total. The van der Waals surface area contributed by atoms with Crippen LogP contribution in [-0.2, 0) is 24.2 Å². The molecule has 1 heterocycles. The van der Waals surface area contributed by atoms with E-state index in [1.807, 2.05) is 60.7 Å². The molecular weight excluding hydrogens is 458 g/mol. The van der Waals surface area contributed by atoms with Crippen LogP contribution < -0.4 is 14.4 Å². The number of nitriles is 1. The maximum absolute atomic E-state index is 13.1. The van der Waals surface area contributed by atoms with E-state index in [9.17, 15) is 10.1 Å². The number of allylic oxidation sites excluding steroid dienone is 1. The molecule has 174 valence electrons. The van der Waals surface area contributed by atoms with Gasteiger partial charge in [0.05, 0.1) is 24.4 Å². The molecule has 0 aliphatic carbocycles. The van der Waals surface area contributed by atoms with Crippen LogP contribution in [0.4, 0.5) is 5.69 Å². The summed E-state index contributed by atoms with van der Waals surface area (Å²) in [5, 5.41) is 9.59. The van der Waals surface area contributed by atoms with Gasteiger partial charge < -0.3 is 9.47 Å². The van der Waals surface area contributed by atoms with Crippen molar-refractivity contribution in [2.45, 2.75) is 19.4 Å². The summed E-state index contributed by atoms with van der Waals surface area (Å²) >= 11 is 5.37. The van der Waals surface area contributed by atoms with Gasteiger partial charge in [-0.1, -0.05) is 48.5 Å². The van der Waals surface area contributed by atoms with E-state index in [-0.39, 0.29) is 17.6 Å². The van der Waals surface area contributed by atoms with Gasteiger partial charge in [-0.05, 0) is 48.5 Å². The fourth-order valence-corrected chi connectivity index (χ4v) is 4.19. The lowest BCUT2D eigenvalue weighted by atomic mass is 10.0. The predicted molar refractivity (Wildman–Crippen MR) is 140 cm³/mol. The molecule has 1 aliphatic rings. The summed E-state index contributed by atoms with van der Waals surface area (Å²) in [4.78, 5) is 18.9. The average Bonchev–Trinajstić information content (AvgIpc) is 3.16. The van der Waals surface area contributed by atoms with Crippen LogP contribution in [0.2, 0.25) is 0 Å². The SMILES string of the molecule is C=CCc1cc(CC2=NC(=S)N(c3ccccc3)C2=O)cc(OC)c1OCc1ccccc1C#N. The van der Waals surface area contributed by atoms with Crippen molar-refractivity contribution in [3.05, 3.63) is 102 Å². The van der Waals surface area contributed by atoms with Crippen LogP contribution in [0, 0.1) is 11.3 Å². The molecule has 0 unspecified atom stereocenters. The Morgan fingerprint density at radius 2 is 1.86 bits per heavy atom. The van der Waals surface area contributed by atoms with Gasteiger partial charge in [-0.3, -0.25) is 9.69 Å². The maximum atomic E-state index is 13.1. The van der Waals surface area contributed by atoms with E-state index in [4.69, 9.17) is 21.7 Å². The molecule has 0 saturated carbocycles. The Hall–Kier alpha value is -4.28. The van der Waals surface area contributed by atoms with Crippen LogP contribution in [-0.4, -0.2) is 23.8 Å². The first-order valence-electron chi connectivity index (χ1n) is 11.0. The quantitative estimate of drug-likeness (QED) is 0.311. The highest BCUT2D eigenvalue weighted by Gasteiger charge is 2.31. The predicted octanol–water partition coefficient (Wildman–Crippen LogP) is 5.19. The van der Waals surface area contributed by atoms with E-state index < -0.39 is 0 Å². The van der Waals surface area contributed by atoms with Crippen LogP contribution in [0.3, 0.4) is 0 Å². The van der Waals surface area contributed by atoms with Gasteiger partial charge in [0.15, 0.2) is 11.5 Å². The molecule has 3 aromatic carbocycles. The first-order valence-corrected chi connectivity index (χ1v) is 11.4. The summed E-state index contributed by atoms with van der Waals surface area (Å²) in [7, 11) is 1.57. The molecule has 1 amide bonds. The largest absolute Gasteiger partial charge is 0.493 e. The molecule has 0 aromatic heterocycles. The number of benzene rings is 3. The van der Waals surface area contributed by atoms with E-state index >= 15 is 0 Å². The molecule has 35 heavy (non-hydrogen) atoms. The fourth-order valence-electron chi connectivity index (χ4n) is 3.90. The van der Waals surface area contributed by atoms with Crippen LogP contribution in [0.25, 0.3) is 0 Å². The lowest BCUT2D eigenvalue weighted by Gasteiger charge is -2.17. The van der Waals surface area contributed by atoms with E-state index in [2.05, 4.69) is 17.6 Å². The number of nitrogens with zero attached hydrogens (tertiary/aromatic N) is 3. The molecule has 0 N–H and O–H groups in total. The Morgan fingerprint density at radius 1 is 1.11 bits per heavy atom. The number of hydrogen-bond donors (Lipinski definition) is 0. The average molecular weight is 482 g/mol. The van der Waals surface area contributed by atoms with Gasteiger partial charge in [0.2, 0.25) is 5.11 Å². The summed E-state index contributed by atoms with van der Waals surface area (Å²) in [6, 6.07) is 22.5. The van der Waals surface area contributed by atoms with Crippen molar-refractivity contribution in [3.63, 3.8) is 0 Å². The Balaban J connectivity index is 1.60. The Kier molecular flexibility index (Phi) is 7.34. The van der Waals surface area contributed by atoms with Gasteiger partial charge in [-0.25, -0.2) is 4.99 Å². The molecular formula is C28H23N3O3S. The number of aliphatic imine (C=N–C) groups is 1. The van der Waals surface area contributed by atoms with Crippen LogP contribution in [0.1, 0.15) is 22.3 Å². The summed E-state index contributed by atoms with van der Waals surface area (Å²) in [5.74, 6) is 0.867. The number of amides is 1. The Morgan fingerprint density at radius 3 is 2.57 bits per heavy atom. The first-order chi connectivity index (χ1) is 17.0. The second-order valence-corrected chi connectivity index (χ2v) is 8.20. The highest BCUT2D eigenvalue weighted by Crippen LogP contribution is 2.35. The molecule has 0 bridgehead atoms. The van der Waals surface area contributed by atoms with Crippen molar-refractivity contribution in [1.29, 1.82) is 5.26 Å². The molecule has 1 aliphatic heterocycles. The summed E-state index contributed by atoms with van der Waals surface area (Å²) in [5.41, 5.74) is 4.09. The summed E-state index contributed by atoms with van der Waals surface area (Å²) in [6.45, 7) is 4.07. The molecule has 4 rings (SSSR count). The van der Waals surface area contributed by atoms with Crippen LogP contribution in [0.5, 0.6) is 11.5 Å². The Labute approximate surface area is 209 Å². The summed E-state index contributed by atoms with van der Waals surface area (Å²) in [6.07, 6.45) is 2.61. The van der Waals surface area contributed by atoms with Crippen molar-refractivity contribution in [3.8, 4) is 17.6 Å². The molecule has 0 fully saturated rings. The highest BCUT2D eigenvalue weighted by atomic mass is 32.1. The van der Waals surface area contributed by atoms with Crippen molar-refractivity contribution in [2.24, 2.45) is 4.99 Å². The normalized spacial score (nSPS) is 12.8. The summed E-state index contributed by atoms with van der Waals surface area (Å²) < 4.78 is 11.8. The van der Waals surface area contributed by atoms with Gasteiger partial charge in [0.1, 0.15) is 12.3 Å². The van der Waals surface area contributed by atoms with Crippen molar-refractivity contribution in [2.75, 3.05) is 12.0 Å². The molecule has 0 saturated heterocycles. The zero-order valence-electron chi connectivity index (χ0n) is 19.2. The zero-order valence-corrected chi connectivity index (χ0v) is 20.0. The van der Waals surface area contributed by atoms with Crippen molar-refractivity contribution < 1.29 is 14.3 Å². The van der Waals surface area contributed by atoms with Gasteiger partial charge in [0, 0.05) is 17.5 Å². The third-order valence-corrected chi connectivity index (χ3v) is 5.82. The molecule has 7 heteroatoms. The van der Waals surface area contributed by atoms with E-state index in [1.165, 1.54) is 4.90 Å². The third kappa shape index (κ3) is 5.13. The van der Waals surface area contributed by atoms with E-state index in [0.29, 0.717) is 41.3 Å². The van der Waals surface area contributed by atoms with Crippen LogP contribution >= 0.6 is 12.2 Å². The zero-order chi connectivity index (χ0) is 24.8. The van der Waals surface area contributed by atoms with E-state index in [1.54, 1.807) is 19.3 Å². The number of carbonyl (C=O) groups is 1. The van der Waals surface area contributed by atoms with Crippen LogP contribution in [0.15, 0.2) is 84.4 Å². The topological polar surface area (TPSA) is 74.9 Å². The standard InChI is InChI=1S/C28H23N3O3S/c1-3-9-20-14-19(15-24-27(32)31(28(35)30-24)23-12-5-4-6-13-23)16-25(33-2)26(20)34-18-22-11-8-7-10-21(22)17-29/h3-8,10-14,16H,1,9,15,18H2,2H3. The lowest BCUT2D eigenvalue weighted by molar-refractivity contribution is -0.111. The number of rotatable bonds is 9. The smallest absolute Gasteiger partial charge is 0.279 e. The molecule has 0 spiro atoms. The minimum absolute atomic E-state index is 0.217. The number of anilines is 1. The highest BCUT2D eigenvalue weighted by molar-refractivity contribution is 7.80. The molecule has 0 radical (unpaired) electrons.